The van der Waals surface area contributed by atoms with Gasteiger partial charge in [0.15, 0.2) is 0 Å². The van der Waals surface area contributed by atoms with Crippen LogP contribution in [0.2, 0.25) is 4.34 Å². The van der Waals surface area contributed by atoms with Crippen molar-refractivity contribution in [1.29, 1.82) is 0 Å². The van der Waals surface area contributed by atoms with Crippen LogP contribution < -0.4 is 0 Å². The van der Waals surface area contributed by atoms with Crippen LogP contribution in [0.25, 0.3) is 0 Å². The molecular formula is C15H19ClN2O2S. The number of hydrogen-bond donors (Lipinski definition) is 0. The third-order valence-corrected chi connectivity index (χ3v) is 6.01. The number of amides is 1. The number of morpholine rings is 1. The van der Waals surface area contributed by atoms with E-state index in [2.05, 4.69) is 4.90 Å². The quantitative estimate of drug-likeness (QED) is 0.836. The van der Waals surface area contributed by atoms with E-state index >= 15 is 0 Å². The van der Waals surface area contributed by atoms with Gasteiger partial charge in [0.2, 0.25) is 0 Å². The van der Waals surface area contributed by atoms with Crippen LogP contribution in [0.5, 0.6) is 0 Å². The number of halogens is 1. The predicted molar refractivity (Wildman–Crippen MR) is 83.1 cm³/mol. The van der Waals surface area contributed by atoms with E-state index in [1.165, 1.54) is 24.2 Å². The predicted octanol–water partition coefficient (Wildman–Crippen LogP) is 2.34. The second-order valence-corrected chi connectivity index (χ2v) is 7.90. The zero-order valence-corrected chi connectivity index (χ0v) is 13.4. The highest BCUT2D eigenvalue weighted by molar-refractivity contribution is 7.17. The topological polar surface area (TPSA) is 32.8 Å². The molecule has 1 amide bonds. The second-order valence-electron chi connectivity index (χ2n) is 6.19. The molecule has 0 bridgehead atoms. The first kappa shape index (κ1) is 14.0. The summed E-state index contributed by atoms with van der Waals surface area (Å²) in [6, 6.07) is 4.56. The summed E-state index contributed by atoms with van der Waals surface area (Å²) in [5.41, 5.74) is 0. The van der Waals surface area contributed by atoms with Gasteiger partial charge in [0.1, 0.15) is 0 Å². The first-order valence-corrected chi connectivity index (χ1v) is 8.80. The van der Waals surface area contributed by atoms with E-state index in [-0.39, 0.29) is 5.91 Å². The number of fused-ring (bicyclic) bond motifs is 1. The van der Waals surface area contributed by atoms with Gasteiger partial charge in [-0.25, -0.2) is 0 Å². The molecule has 6 heteroatoms. The summed E-state index contributed by atoms with van der Waals surface area (Å²) >= 11 is 7.30. The lowest BCUT2D eigenvalue weighted by atomic mass is 10.0. The molecule has 21 heavy (non-hydrogen) atoms. The van der Waals surface area contributed by atoms with Crippen molar-refractivity contribution in [2.75, 3.05) is 32.8 Å². The Morgan fingerprint density at radius 1 is 1.29 bits per heavy atom. The Morgan fingerprint density at radius 3 is 2.86 bits per heavy atom. The molecule has 0 unspecified atom stereocenters. The lowest BCUT2D eigenvalue weighted by Gasteiger charge is -2.48. The summed E-state index contributed by atoms with van der Waals surface area (Å²) < 4.78 is 6.47. The highest BCUT2D eigenvalue weighted by Crippen LogP contribution is 2.38. The molecule has 0 N–H and O–H groups in total. The van der Waals surface area contributed by atoms with Crippen molar-refractivity contribution in [3.05, 3.63) is 21.3 Å². The van der Waals surface area contributed by atoms with Gasteiger partial charge in [0.25, 0.3) is 5.91 Å². The van der Waals surface area contributed by atoms with Gasteiger partial charge in [-0.15, -0.1) is 11.3 Å². The van der Waals surface area contributed by atoms with Gasteiger partial charge in [0.05, 0.1) is 28.5 Å². The lowest BCUT2D eigenvalue weighted by molar-refractivity contribution is -0.0815. The van der Waals surface area contributed by atoms with Crippen LogP contribution in [0.3, 0.4) is 0 Å². The molecule has 114 valence electrons. The number of carbonyl (C=O) groups excluding carboxylic acids is 1. The molecule has 0 radical (unpaired) electrons. The van der Waals surface area contributed by atoms with Crippen molar-refractivity contribution >= 4 is 28.8 Å². The lowest BCUT2D eigenvalue weighted by Crippen LogP contribution is -2.63. The number of piperazine rings is 1. The molecular weight excluding hydrogens is 308 g/mol. The van der Waals surface area contributed by atoms with Crippen molar-refractivity contribution in [2.45, 2.75) is 24.9 Å². The zero-order valence-electron chi connectivity index (χ0n) is 11.8. The smallest absolute Gasteiger partial charge is 0.264 e. The van der Waals surface area contributed by atoms with Gasteiger partial charge in [-0.1, -0.05) is 11.6 Å². The summed E-state index contributed by atoms with van der Waals surface area (Å²) in [6.45, 7) is 4.18. The maximum atomic E-state index is 12.5. The Hall–Kier alpha value is -0.620. The average molecular weight is 327 g/mol. The van der Waals surface area contributed by atoms with Crippen molar-refractivity contribution in [3.8, 4) is 0 Å². The van der Waals surface area contributed by atoms with Crippen molar-refractivity contribution in [1.82, 2.24) is 9.80 Å². The van der Waals surface area contributed by atoms with E-state index < -0.39 is 0 Å². The van der Waals surface area contributed by atoms with Gasteiger partial charge in [-0.2, -0.15) is 0 Å². The molecule has 1 aliphatic carbocycles. The Morgan fingerprint density at radius 2 is 2.14 bits per heavy atom. The molecule has 1 aromatic rings. The molecule has 2 aliphatic heterocycles. The van der Waals surface area contributed by atoms with Crippen LogP contribution in [-0.2, 0) is 4.74 Å². The maximum Gasteiger partial charge on any atom is 0.264 e. The fraction of sp³-hybridized carbons (Fsp3) is 0.667. The molecule has 3 aliphatic rings. The van der Waals surface area contributed by atoms with E-state index in [9.17, 15) is 4.79 Å². The van der Waals surface area contributed by atoms with Crippen LogP contribution in [0.15, 0.2) is 12.1 Å². The summed E-state index contributed by atoms with van der Waals surface area (Å²) in [6.07, 6.45) is 2.68. The fourth-order valence-corrected chi connectivity index (χ4v) is 4.54. The summed E-state index contributed by atoms with van der Waals surface area (Å²) in [5.74, 6) is 0.936. The first-order valence-electron chi connectivity index (χ1n) is 7.60. The van der Waals surface area contributed by atoms with Crippen LogP contribution in [0, 0.1) is 5.92 Å². The van der Waals surface area contributed by atoms with Gasteiger partial charge in [-0.3, -0.25) is 9.69 Å². The summed E-state index contributed by atoms with van der Waals surface area (Å²) in [4.78, 5) is 17.8. The number of carbonyl (C=O) groups is 1. The van der Waals surface area contributed by atoms with Gasteiger partial charge in [-0.05, 0) is 30.9 Å². The van der Waals surface area contributed by atoms with E-state index in [4.69, 9.17) is 16.3 Å². The Labute approximate surface area is 133 Å². The standard InChI is InChI=1S/C15H19ClN2O2S/c16-14-4-3-13(21-14)15(19)17-5-6-18-11(7-17)8-20-9-12(18)10-1-2-10/h3-4,10-12H,1-2,5-9H2/t11-,12-/m1/s1. The fourth-order valence-electron chi connectivity index (χ4n) is 3.53. The Kier molecular flexibility index (Phi) is 3.69. The number of rotatable bonds is 2. The van der Waals surface area contributed by atoms with Crippen molar-refractivity contribution in [3.63, 3.8) is 0 Å². The van der Waals surface area contributed by atoms with Crippen molar-refractivity contribution < 1.29 is 9.53 Å². The zero-order chi connectivity index (χ0) is 14.4. The molecule has 3 fully saturated rings. The minimum Gasteiger partial charge on any atom is -0.378 e. The highest BCUT2D eigenvalue weighted by atomic mass is 35.5. The molecule has 2 saturated heterocycles. The monoisotopic (exact) mass is 326 g/mol. The largest absolute Gasteiger partial charge is 0.378 e. The molecule has 1 aromatic heterocycles. The summed E-state index contributed by atoms with van der Waals surface area (Å²) in [7, 11) is 0. The minimum absolute atomic E-state index is 0.111. The Bertz CT molecular complexity index is 546. The van der Waals surface area contributed by atoms with Crippen LogP contribution in [-0.4, -0.2) is 60.6 Å². The molecule has 1 saturated carbocycles. The summed E-state index contributed by atoms with van der Waals surface area (Å²) in [5, 5.41) is 0. The normalized spacial score (nSPS) is 30.2. The molecule has 0 aromatic carbocycles. The van der Waals surface area contributed by atoms with Crippen LogP contribution in [0.1, 0.15) is 22.5 Å². The van der Waals surface area contributed by atoms with E-state index in [1.807, 2.05) is 11.0 Å². The number of thiophene rings is 1. The molecule has 3 heterocycles. The first-order chi connectivity index (χ1) is 10.2. The van der Waals surface area contributed by atoms with Gasteiger partial charge in [0, 0.05) is 25.7 Å². The van der Waals surface area contributed by atoms with Crippen LogP contribution >= 0.6 is 22.9 Å². The third-order valence-electron chi connectivity index (χ3n) is 4.79. The van der Waals surface area contributed by atoms with Crippen LogP contribution in [0.4, 0.5) is 0 Å². The highest BCUT2D eigenvalue weighted by Gasteiger charge is 2.43. The molecule has 4 nitrogen and oxygen atoms in total. The molecule has 4 rings (SSSR count). The second kappa shape index (κ2) is 5.54. The molecule has 2 atom stereocenters. The van der Waals surface area contributed by atoms with E-state index in [0.29, 0.717) is 16.4 Å². The van der Waals surface area contributed by atoms with E-state index in [1.54, 1.807) is 6.07 Å². The minimum atomic E-state index is 0.111. The average Bonchev–Trinajstić information content (AvgIpc) is 3.26. The molecule has 0 spiro atoms. The SMILES string of the molecule is O=C(c1ccc(Cl)s1)N1CCN2[C@@H](COC[C@@H]2C2CC2)C1. The number of hydrogen-bond acceptors (Lipinski definition) is 4. The van der Waals surface area contributed by atoms with E-state index in [0.717, 1.165) is 43.6 Å². The maximum absolute atomic E-state index is 12.5. The third kappa shape index (κ3) is 2.72. The Balaban J connectivity index is 1.45. The number of nitrogens with zero attached hydrogens (tertiary/aromatic N) is 2. The van der Waals surface area contributed by atoms with Crippen molar-refractivity contribution in [2.24, 2.45) is 5.92 Å². The van der Waals surface area contributed by atoms with Gasteiger partial charge >= 0.3 is 0 Å². The number of ether oxygens (including phenoxy) is 1. The van der Waals surface area contributed by atoms with Gasteiger partial charge < -0.3 is 9.64 Å².